The minimum Gasteiger partial charge on any atom is -0.306 e. The van der Waals surface area contributed by atoms with Gasteiger partial charge >= 0.3 is 0 Å². The lowest BCUT2D eigenvalue weighted by Gasteiger charge is -2.11. The highest BCUT2D eigenvalue weighted by Crippen LogP contribution is 2.29. The monoisotopic (exact) mass is 448 g/mol. The van der Waals surface area contributed by atoms with Crippen molar-refractivity contribution in [2.45, 2.75) is 31.7 Å². The molecular formula is C24H24N4O3S. The molecule has 0 aliphatic carbocycles. The van der Waals surface area contributed by atoms with Gasteiger partial charge in [-0.1, -0.05) is 36.4 Å². The second kappa shape index (κ2) is 8.57. The number of aromatic nitrogens is 2. The molecule has 0 radical (unpaired) electrons. The molecular weight excluding hydrogens is 424 g/mol. The van der Waals surface area contributed by atoms with E-state index in [2.05, 4.69) is 10.0 Å². The number of sulfonamides is 1. The van der Waals surface area contributed by atoms with E-state index in [0.29, 0.717) is 22.7 Å². The Kier molecular flexibility index (Phi) is 5.82. The molecule has 2 heterocycles. The average Bonchev–Trinajstić information content (AvgIpc) is 3.11. The Morgan fingerprint density at radius 2 is 1.66 bits per heavy atom. The van der Waals surface area contributed by atoms with Crippen molar-refractivity contribution in [3.05, 3.63) is 84.1 Å². The van der Waals surface area contributed by atoms with Crippen molar-refractivity contribution in [2.75, 3.05) is 5.32 Å². The molecule has 7 nitrogen and oxygen atoms in total. The molecule has 2 aromatic heterocycles. The predicted molar refractivity (Wildman–Crippen MR) is 125 cm³/mol. The van der Waals surface area contributed by atoms with Gasteiger partial charge in [0.15, 0.2) is 0 Å². The third-order valence-corrected chi connectivity index (χ3v) is 6.54. The van der Waals surface area contributed by atoms with Gasteiger partial charge in [0.2, 0.25) is 10.0 Å². The zero-order valence-electron chi connectivity index (χ0n) is 18.0. The van der Waals surface area contributed by atoms with E-state index < -0.39 is 10.0 Å². The number of benzene rings is 2. The summed E-state index contributed by atoms with van der Waals surface area (Å²) in [5.41, 5.74) is 3.62. The lowest BCUT2D eigenvalue weighted by atomic mass is 10.1. The molecule has 4 rings (SSSR count). The lowest BCUT2D eigenvalue weighted by Crippen LogP contribution is -2.30. The van der Waals surface area contributed by atoms with E-state index in [4.69, 9.17) is 4.98 Å². The van der Waals surface area contributed by atoms with Gasteiger partial charge < -0.3 is 5.32 Å². The number of carbonyl (C=O) groups excluding carboxylic acids is 1. The molecule has 0 aliphatic heterocycles. The molecule has 0 spiro atoms. The summed E-state index contributed by atoms with van der Waals surface area (Å²) < 4.78 is 29.1. The Morgan fingerprint density at radius 1 is 0.969 bits per heavy atom. The third-order valence-electron chi connectivity index (χ3n) is 4.86. The van der Waals surface area contributed by atoms with Crippen molar-refractivity contribution < 1.29 is 13.2 Å². The molecule has 0 saturated heterocycles. The average molecular weight is 449 g/mol. The van der Waals surface area contributed by atoms with Crippen molar-refractivity contribution in [1.82, 2.24) is 14.1 Å². The predicted octanol–water partition coefficient (Wildman–Crippen LogP) is 4.25. The van der Waals surface area contributed by atoms with Gasteiger partial charge in [-0.15, -0.1) is 0 Å². The Labute approximate surface area is 187 Å². The van der Waals surface area contributed by atoms with E-state index in [9.17, 15) is 13.2 Å². The molecule has 32 heavy (non-hydrogen) atoms. The van der Waals surface area contributed by atoms with E-state index in [1.54, 1.807) is 13.8 Å². The number of hydrogen-bond acceptors (Lipinski definition) is 4. The smallest absolute Gasteiger partial charge is 0.256 e. The van der Waals surface area contributed by atoms with E-state index >= 15 is 0 Å². The van der Waals surface area contributed by atoms with Gasteiger partial charge in [-0.3, -0.25) is 9.20 Å². The van der Waals surface area contributed by atoms with Crippen molar-refractivity contribution in [2.24, 2.45) is 0 Å². The van der Waals surface area contributed by atoms with Crippen LogP contribution in [0.25, 0.3) is 16.9 Å². The Balaban J connectivity index is 1.69. The van der Waals surface area contributed by atoms with E-state index in [0.717, 1.165) is 11.1 Å². The van der Waals surface area contributed by atoms with Crippen LogP contribution in [0.1, 0.15) is 29.8 Å². The van der Waals surface area contributed by atoms with Crippen molar-refractivity contribution in [3.8, 4) is 11.3 Å². The normalized spacial score (nSPS) is 11.8. The van der Waals surface area contributed by atoms with Crippen molar-refractivity contribution >= 4 is 27.4 Å². The minimum absolute atomic E-state index is 0.109. The summed E-state index contributed by atoms with van der Waals surface area (Å²) in [6.45, 7) is 5.47. The number of anilines is 1. The zero-order valence-corrected chi connectivity index (χ0v) is 18.8. The first-order valence-corrected chi connectivity index (χ1v) is 11.7. The van der Waals surface area contributed by atoms with Crippen LogP contribution in [0.3, 0.4) is 0 Å². The first-order chi connectivity index (χ1) is 15.2. The molecule has 8 heteroatoms. The summed E-state index contributed by atoms with van der Waals surface area (Å²) in [6, 6.07) is 19.1. The molecule has 2 aromatic carbocycles. The summed E-state index contributed by atoms with van der Waals surface area (Å²) in [6.07, 6.45) is 1.91. The van der Waals surface area contributed by atoms with Crippen LogP contribution in [0, 0.1) is 6.92 Å². The van der Waals surface area contributed by atoms with Crippen LogP contribution in [0.2, 0.25) is 0 Å². The molecule has 0 saturated carbocycles. The fraction of sp³-hybridized carbons (Fsp3) is 0.167. The number of imidazole rings is 1. The summed E-state index contributed by atoms with van der Waals surface area (Å²) in [5.74, 6) is 0.198. The minimum atomic E-state index is -3.62. The maximum absolute atomic E-state index is 13.0. The number of pyridine rings is 1. The molecule has 0 fully saturated rings. The van der Waals surface area contributed by atoms with E-state index in [-0.39, 0.29) is 16.8 Å². The Morgan fingerprint density at radius 3 is 2.31 bits per heavy atom. The van der Waals surface area contributed by atoms with Crippen molar-refractivity contribution in [3.63, 3.8) is 0 Å². The topological polar surface area (TPSA) is 92.6 Å². The number of nitrogens with one attached hydrogen (secondary N) is 2. The number of amides is 1. The summed E-state index contributed by atoms with van der Waals surface area (Å²) >= 11 is 0. The second-order valence-electron chi connectivity index (χ2n) is 7.86. The van der Waals surface area contributed by atoms with Gasteiger partial charge in [0, 0.05) is 23.4 Å². The van der Waals surface area contributed by atoms with Gasteiger partial charge in [-0.05, 0) is 56.7 Å². The molecule has 0 bridgehead atoms. The standard InChI is InChI=1S/C24H24N4O3S/c1-16(2)27-32(30,31)20-12-10-19(11-13-20)24(29)26-23-22(18-7-5-4-6-8-18)25-21-14-9-17(3)15-28(21)23/h4-16,27H,1-3H3,(H,26,29). The van der Waals surface area contributed by atoms with Crippen LogP contribution in [-0.2, 0) is 10.0 Å². The molecule has 0 unspecified atom stereocenters. The Hall–Kier alpha value is -3.49. The van der Waals surface area contributed by atoms with Crippen LogP contribution in [0.5, 0.6) is 0 Å². The van der Waals surface area contributed by atoms with Gasteiger partial charge in [-0.2, -0.15) is 0 Å². The number of aryl methyl sites for hydroxylation is 1. The number of rotatable bonds is 6. The fourth-order valence-electron chi connectivity index (χ4n) is 3.41. The molecule has 2 N–H and O–H groups in total. The second-order valence-corrected chi connectivity index (χ2v) is 9.58. The largest absolute Gasteiger partial charge is 0.306 e. The highest BCUT2D eigenvalue weighted by Gasteiger charge is 2.19. The highest BCUT2D eigenvalue weighted by molar-refractivity contribution is 7.89. The zero-order chi connectivity index (χ0) is 22.9. The fourth-order valence-corrected chi connectivity index (χ4v) is 4.66. The first-order valence-electron chi connectivity index (χ1n) is 10.2. The number of nitrogens with zero attached hydrogens (tertiary/aromatic N) is 2. The highest BCUT2D eigenvalue weighted by atomic mass is 32.2. The Bertz CT molecular complexity index is 1380. The van der Waals surface area contributed by atoms with Gasteiger partial charge in [0.1, 0.15) is 17.2 Å². The molecule has 164 valence electrons. The number of fused-ring (bicyclic) bond motifs is 1. The van der Waals surface area contributed by atoms with Gasteiger partial charge in [-0.25, -0.2) is 18.1 Å². The SMILES string of the molecule is Cc1ccc2nc(-c3ccccc3)c(NC(=O)c3ccc(S(=O)(=O)NC(C)C)cc3)n2c1. The summed E-state index contributed by atoms with van der Waals surface area (Å²) in [5, 5.41) is 2.96. The van der Waals surface area contributed by atoms with E-state index in [1.807, 2.05) is 60.0 Å². The first kappa shape index (κ1) is 21.7. The van der Waals surface area contributed by atoms with Crippen LogP contribution < -0.4 is 10.0 Å². The summed E-state index contributed by atoms with van der Waals surface area (Å²) in [4.78, 5) is 17.9. The van der Waals surface area contributed by atoms with Crippen molar-refractivity contribution in [1.29, 1.82) is 0 Å². The molecule has 1 amide bonds. The maximum atomic E-state index is 13.0. The number of carbonyl (C=O) groups is 1. The van der Waals surface area contributed by atoms with Crippen LogP contribution in [0.15, 0.2) is 77.8 Å². The lowest BCUT2D eigenvalue weighted by molar-refractivity contribution is 0.102. The quantitative estimate of drug-likeness (QED) is 0.461. The number of hydrogen-bond donors (Lipinski definition) is 2. The summed E-state index contributed by atoms with van der Waals surface area (Å²) in [7, 11) is -3.62. The molecule has 0 aliphatic rings. The van der Waals surface area contributed by atoms with Crippen LogP contribution >= 0.6 is 0 Å². The van der Waals surface area contributed by atoms with E-state index in [1.165, 1.54) is 24.3 Å². The molecule has 0 atom stereocenters. The van der Waals surface area contributed by atoms with Crippen LogP contribution in [-0.4, -0.2) is 29.8 Å². The third kappa shape index (κ3) is 4.42. The van der Waals surface area contributed by atoms with Gasteiger partial charge in [0.05, 0.1) is 4.90 Å². The van der Waals surface area contributed by atoms with Crippen LogP contribution in [0.4, 0.5) is 5.82 Å². The van der Waals surface area contributed by atoms with Gasteiger partial charge in [0.25, 0.3) is 5.91 Å². The molecule has 4 aromatic rings. The maximum Gasteiger partial charge on any atom is 0.256 e.